The number of amides is 1. The van der Waals surface area contributed by atoms with E-state index in [4.69, 9.17) is 0 Å². The summed E-state index contributed by atoms with van der Waals surface area (Å²) in [4.78, 5) is 12.7. The van der Waals surface area contributed by atoms with Crippen LogP contribution in [0.3, 0.4) is 0 Å². The lowest BCUT2D eigenvalue weighted by Crippen LogP contribution is -2.35. The monoisotopic (exact) mass is 376 g/mol. The van der Waals surface area contributed by atoms with Gasteiger partial charge in [-0.2, -0.15) is 4.31 Å². The van der Waals surface area contributed by atoms with Gasteiger partial charge in [-0.3, -0.25) is 4.79 Å². The number of carbonyl (C=O) groups excluding carboxylic acids is 1. The molecule has 0 radical (unpaired) electrons. The Morgan fingerprint density at radius 1 is 1.04 bits per heavy atom. The fourth-order valence-corrected chi connectivity index (χ4v) is 4.54. The molecule has 0 aliphatic carbocycles. The van der Waals surface area contributed by atoms with Crippen LogP contribution in [0.25, 0.3) is 0 Å². The summed E-state index contributed by atoms with van der Waals surface area (Å²) >= 11 is 0. The van der Waals surface area contributed by atoms with E-state index in [1.165, 1.54) is 40.7 Å². The summed E-state index contributed by atoms with van der Waals surface area (Å²) in [5.74, 6) is -0.821. The van der Waals surface area contributed by atoms with Gasteiger partial charge in [-0.1, -0.05) is 12.5 Å². The van der Waals surface area contributed by atoms with Crippen LogP contribution in [-0.2, 0) is 10.0 Å². The van der Waals surface area contributed by atoms with Gasteiger partial charge in [-0.25, -0.2) is 12.8 Å². The first-order chi connectivity index (χ1) is 12.4. The van der Waals surface area contributed by atoms with E-state index in [-0.39, 0.29) is 10.5 Å². The molecule has 0 saturated carbocycles. The molecule has 138 valence electrons. The van der Waals surface area contributed by atoms with Gasteiger partial charge >= 0.3 is 0 Å². The van der Waals surface area contributed by atoms with Crippen LogP contribution in [0.1, 0.15) is 35.2 Å². The maximum Gasteiger partial charge on any atom is 0.255 e. The van der Waals surface area contributed by atoms with Crippen LogP contribution in [-0.4, -0.2) is 31.7 Å². The van der Waals surface area contributed by atoms with E-state index in [2.05, 4.69) is 5.32 Å². The second-order valence-electron chi connectivity index (χ2n) is 6.40. The van der Waals surface area contributed by atoms with Crippen LogP contribution in [0.15, 0.2) is 47.4 Å². The van der Waals surface area contributed by atoms with Crippen molar-refractivity contribution in [2.45, 2.75) is 31.1 Å². The predicted molar refractivity (Wildman–Crippen MR) is 98.1 cm³/mol. The maximum absolute atomic E-state index is 13.0. The lowest BCUT2D eigenvalue weighted by atomic mass is 10.1. The Morgan fingerprint density at radius 3 is 2.35 bits per heavy atom. The number of sulfonamides is 1. The number of benzene rings is 2. The van der Waals surface area contributed by atoms with Crippen molar-refractivity contribution in [1.82, 2.24) is 4.31 Å². The molecule has 1 amide bonds. The number of rotatable bonds is 4. The summed E-state index contributed by atoms with van der Waals surface area (Å²) in [6.45, 7) is 2.76. The highest BCUT2D eigenvalue weighted by Gasteiger charge is 2.27. The highest BCUT2D eigenvalue weighted by atomic mass is 32.2. The topological polar surface area (TPSA) is 66.5 Å². The minimum Gasteiger partial charge on any atom is -0.322 e. The van der Waals surface area contributed by atoms with Crippen LogP contribution >= 0.6 is 0 Å². The number of anilines is 1. The number of aryl methyl sites for hydroxylation is 1. The normalized spacial score (nSPS) is 15.6. The number of carbonyl (C=O) groups is 1. The van der Waals surface area contributed by atoms with E-state index in [1.54, 1.807) is 13.0 Å². The minimum absolute atomic E-state index is 0.120. The second kappa shape index (κ2) is 7.55. The molecule has 7 heteroatoms. The van der Waals surface area contributed by atoms with Crippen LogP contribution in [0, 0.1) is 12.7 Å². The summed E-state index contributed by atoms with van der Waals surface area (Å²) in [7, 11) is -3.61. The van der Waals surface area contributed by atoms with E-state index in [0.29, 0.717) is 24.3 Å². The number of nitrogens with one attached hydrogen (secondary N) is 1. The van der Waals surface area contributed by atoms with Crippen molar-refractivity contribution in [2.24, 2.45) is 0 Å². The van der Waals surface area contributed by atoms with Crippen molar-refractivity contribution in [3.8, 4) is 0 Å². The zero-order valence-corrected chi connectivity index (χ0v) is 15.4. The standard InChI is InChI=1S/C19H21FN2O3S/c1-14-5-10-17(26(24,25)22-11-3-2-4-12-22)13-18(14)19(23)21-16-8-6-15(20)7-9-16/h5-10,13H,2-4,11-12H2,1H3,(H,21,23). The molecule has 26 heavy (non-hydrogen) atoms. The molecule has 0 aromatic heterocycles. The van der Waals surface area contributed by atoms with Crippen LogP contribution < -0.4 is 5.32 Å². The van der Waals surface area contributed by atoms with E-state index >= 15 is 0 Å². The van der Waals surface area contributed by atoms with Crippen molar-refractivity contribution in [1.29, 1.82) is 0 Å². The Kier molecular flexibility index (Phi) is 5.38. The summed E-state index contributed by atoms with van der Waals surface area (Å²) in [6, 6.07) is 10.00. The largest absolute Gasteiger partial charge is 0.322 e. The fraction of sp³-hybridized carbons (Fsp3) is 0.316. The third kappa shape index (κ3) is 3.94. The lowest BCUT2D eigenvalue weighted by molar-refractivity contribution is 0.102. The Morgan fingerprint density at radius 2 is 1.69 bits per heavy atom. The molecule has 1 aliphatic heterocycles. The molecule has 0 atom stereocenters. The molecule has 5 nitrogen and oxygen atoms in total. The van der Waals surface area contributed by atoms with Gasteiger partial charge in [0.25, 0.3) is 5.91 Å². The Balaban J connectivity index is 1.87. The van der Waals surface area contributed by atoms with Crippen LogP contribution in [0.2, 0.25) is 0 Å². The van der Waals surface area contributed by atoms with E-state index in [1.807, 2.05) is 0 Å². The van der Waals surface area contributed by atoms with Crippen LogP contribution in [0.4, 0.5) is 10.1 Å². The van der Waals surface area contributed by atoms with Gasteiger partial charge in [0.1, 0.15) is 5.82 Å². The smallest absolute Gasteiger partial charge is 0.255 e. The van der Waals surface area contributed by atoms with Crippen LogP contribution in [0.5, 0.6) is 0 Å². The molecule has 1 aliphatic rings. The lowest BCUT2D eigenvalue weighted by Gasteiger charge is -2.26. The van der Waals surface area contributed by atoms with E-state index < -0.39 is 21.7 Å². The van der Waals surface area contributed by atoms with Crippen molar-refractivity contribution < 1.29 is 17.6 Å². The number of piperidine rings is 1. The molecular weight excluding hydrogens is 355 g/mol. The molecule has 0 spiro atoms. The molecule has 3 rings (SSSR count). The average Bonchev–Trinajstić information content (AvgIpc) is 2.64. The highest BCUT2D eigenvalue weighted by Crippen LogP contribution is 2.23. The van der Waals surface area contributed by atoms with Gasteiger partial charge in [0.15, 0.2) is 0 Å². The van der Waals surface area contributed by atoms with Crippen molar-refractivity contribution in [3.05, 3.63) is 59.4 Å². The van der Waals surface area contributed by atoms with E-state index in [0.717, 1.165) is 19.3 Å². The van der Waals surface area contributed by atoms with Gasteiger partial charge < -0.3 is 5.32 Å². The molecule has 2 aromatic rings. The number of hydrogen-bond acceptors (Lipinski definition) is 3. The second-order valence-corrected chi connectivity index (χ2v) is 8.34. The third-order valence-corrected chi connectivity index (χ3v) is 6.40. The van der Waals surface area contributed by atoms with E-state index in [9.17, 15) is 17.6 Å². The van der Waals surface area contributed by atoms with Gasteiger partial charge in [-0.15, -0.1) is 0 Å². The van der Waals surface area contributed by atoms with Gasteiger partial charge in [0, 0.05) is 24.3 Å². The van der Waals surface area contributed by atoms with Crippen molar-refractivity contribution >= 4 is 21.6 Å². The Labute approximate surface area is 152 Å². The number of nitrogens with zero attached hydrogens (tertiary/aromatic N) is 1. The first-order valence-corrected chi connectivity index (χ1v) is 10.00. The maximum atomic E-state index is 13.0. The first-order valence-electron chi connectivity index (χ1n) is 8.55. The fourth-order valence-electron chi connectivity index (χ4n) is 2.99. The molecular formula is C19H21FN2O3S. The number of halogens is 1. The summed E-state index contributed by atoms with van der Waals surface area (Å²) in [5, 5.41) is 2.67. The molecule has 1 heterocycles. The molecule has 0 unspecified atom stereocenters. The summed E-state index contributed by atoms with van der Waals surface area (Å²) in [5.41, 5.74) is 1.40. The quantitative estimate of drug-likeness (QED) is 0.887. The molecule has 2 aromatic carbocycles. The highest BCUT2D eigenvalue weighted by molar-refractivity contribution is 7.89. The molecule has 1 fully saturated rings. The van der Waals surface area contributed by atoms with Gasteiger partial charge in [0.05, 0.1) is 4.90 Å². The summed E-state index contributed by atoms with van der Waals surface area (Å²) < 4.78 is 40.1. The predicted octanol–water partition coefficient (Wildman–Crippen LogP) is 3.56. The molecule has 1 N–H and O–H groups in total. The average molecular weight is 376 g/mol. The Bertz CT molecular complexity index is 905. The van der Waals surface area contributed by atoms with Gasteiger partial charge in [0.2, 0.25) is 10.0 Å². The van der Waals surface area contributed by atoms with Crippen molar-refractivity contribution in [2.75, 3.05) is 18.4 Å². The molecule has 0 bridgehead atoms. The Hall–Kier alpha value is -2.25. The minimum atomic E-state index is -3.61. The molecule has 1 saturated heterocycles. The number of hydrogen-bond donors (Lipinski definition) is 1. The van der Waals surface area contributed by atoms with Crippen molar-refractivity contribution in [3.63, 3.8) is 0 Å². The van der Waals surface area contributed by atoms with Gasteiger partial charge in [-0.05, 0) is 61.7 Å². The zero-order valence-electron chi connectivity index (χ0n) is 14.5. The SMILES string of the molecule is Cc1ccc(S(=O)(=O)N2CCCCC2)cc1C(=O)Nc1ccc(F)cc1. The third-order valence-electron chi connectivity index (χ3n) is 4.51. The zero-order chi connectivity index (χ0) is 18.7. The summed E-state index contributed by atoms with van der Waals surface area (Å²) in [6.07, 6.45) is 2.73. The first kappa shape index (κ1) is 18.5.